The maximum Gasteiger partial charge on any atom is 0.236 e. The van der Waals surface area contributed by atoms with Crippen LogP contribution in [0.4, 0.5) is 0 Å². The molecule has 22 heavy (non-hydrogen) atoms. The van der Waals surface area contributed by atoms with Gasteiger partial charge in [-0.3, -0.25) is 14.5 Å². The van der Waals surface area contributed by atoms with Gasteiger partial charge < -0.3 is 14.5 Å². The lowest BCUT2D eigenvalue weighted by molar-refractivity contribution is -0.142. The van der Waals surface area contributed by atoms with Crippen molar-refractivity contribution < 1.29 is 14.3 Å². The first-order chi connectivity index (χ1) is 10.6. The van der Waals surface area contributed by atoms with E-state index in [0.717, 1.165) is 25.9 Å². The normalized spacial score (nSPS) is 21.7. The molecule has 0 radical (unpaired) electrons. The van der Waals surface area contributed by atoms with E-state index in [1.807, 2.05) is 16.7 Å². The molecule has 2 fully saturated rings. The van der Waals surface area contributed by atoms with E-state index in [1.165, 1.54) is 0 Å². The number of carbonyl (C=O) groups excluding carboxylic acids is 2. The van der Waals surface area contributed by atoms with Crippen LogP contribution in [-0.4, -0.2) is 85.5 Å². The van der Waals surface area contributed by atoms with E-state index in [1.54, 1.807) is 0 Å². The van der Waals surface area contributed by atoms with Crippen LogP contribution in [0.1, 0.15) is 26.7 Å². The Morgan fingerprint density at radius 3 is 2.18 bits per heavy atom. The summed E-state index contributed by atoms with van der Waals surface area (Å²) in [6.45, 7) is 10.3. The van der Waals surface area contributed by atoms with Crippen molar-refractivity contribution in [2.45, 2.75) is 26.7 Å². The Hall–Kier alpha value is -1.14. The molecule has 2 saturated heterocycles. The number of hydrogen-bond donors (Lipinski definition) is 0. The van der Waals surface area contributed by atoms with E-state index in [9.17, 15) is 9.59 Å². The van der Waals surface area contributed by atoms with E-state index >= 15 is 0 Å². The van der Waals surface area contributed by atoms with Gasteiger partial charge >= 0.3 is 0 Å². The summed E-state index contributed by atoms with van der Waals surface area (Å²) < 4.78 is 5.30. The number of rotatable bonds is 5. The second kappa shape index (κ2) is 8.48. The number of ether oxygens (including phenoxy) is 1. The lowest BCUT2D eigenvalue weighted by Crippen LogP contribution is -2.54. The standard InChI is InChI=1S/C16H29N3O3/c1-3-4-14(2)16(21)19-7-5-18(6-8-19)15(20)13-17-9-11-22-12-10-17/h14H,3-13H2,1-2H3. The summed E-state index contributed by atoms with van der Waals surface area (Å²) >= 11 is 0. The molecule has 0 aromatic carbocycles. The van der Waals surface area contributed by atoms with Gasteiger partial charge in [0.2, 0.25) is 11.8 Å². The van der Waals surface area contributed by atoms with Crippen molar-refractivity contribution in [1.82, 2.24) is 14.7 Å². The molecule has 1 unspecified atom stereocenters. The minimum absolute atomic E-state index is 0.0978. The zero-order chi connectivity index (χ0) is 15.9. The van der Waals surface area contributed by atoms with Gasteiger partial charge in [-0.15, -0.1) is 0 Å². The molecule has 126 valence electrons. The van der Waals surface area contributed by atoms with Crippen LogP contribution in [0.15, 0.2) is 0 Å². The first kappa shape index (κ1) is 17.2. The van der Waals surface area contributed by atoms with Gasteiger partial charge in [0.05, 0.1) is 19.8 Å². The van der Waals surface area contributed by atoms with E-state index in [4.69, 9.17) is 4.74 Å². The molecular formula is C16H29N3O3. The van der Waals surface area contributed by atoms with Gasteiger partial charge in [-0.25, -0.2) is 0 Å². The van der Waals surface area contributed by atoms with Crippen molar-refractivity contribution in [2.75, 3.05) is 59.0 Å². The molecule has 0 aromatic rings. The predicted molar refractivity (Wildman–Crippen MR) is 84.5 cm³/mol. The zero-order valence-corrected chi connectivity index (χ0v) is 13.9. The van der Waals surface area contributed by atoms with Crippen molar-refractivity contribution >= 4 is 11.8 Å². The Morgan fingerprint density at radius 1 is 1.00 bits per heavy atom. The first-order valence-electron chi connectivity index (χ1n) is 8.48. The van der Waals surface area contributed by atoms with Crippen molar-refractivity contribution in [3.63, 3.8) is 0 Å². The molecule has 0 saturated carbocycles. The minimum Gasteiger partial charge on any atom is -0.379 e. The molecule has 0 N–H and O–H groups in total. The molecule has 2 rings (SSSR count). The number of nitrogens with zero attached hydrogens (tertiary/aromatic N) is 3. The maximum absolute atomic E-state index is 12.3. The number of piperazine rings is 1. The summed E-state index contributed by atoms with van der Waals surface area (Å²) in [4.78, 5) is 30.6. The molecule has 2 aliphatic heterocycles. The van der Waals surface area contributed by atoms with Crippen LogP contribution in [0, 0.1) is 5.92 Å². The number of amides is 2. The molecular weight excluding hydrogens is 282 g/mol. The van der Waals surface area contributed by atoms with Crippen molar-refractivity contribution in [3.8, 4) is 0 Å². The first-order valence-corrected chi connectivity index (χ1v) is 8.48. The van der Waals surface area contributed by atoms with Gasteiger partial charge in [-0.2, -0.15) is 0 Å². The average molecular weight is 311 g/mol. The Morgan fingerprint density at radius 2 is 1.59 bits per heavy atom. The average Bonchev–Trinajstić information content (AvgIpc) is 2.55. The summed E-state index contributed by atoms with van der Waals surface area (Å²) in [5.41, 5.74) is 0. The highest BCUT2D eigenvalue weighted by Gasteiger charge is 2.27. The van der Waals surface area contributed by atoms with Crippen molar-refractivity contribution in [2.24, 2.45) is 5.92 Å². The van der Waals surface area contributed by atoms with Crippen LogP contribution in [0.5, 0.6) is 0 Å². The second-order valence-electron chi connectivity index (χ2n) is 6.28. The minimum atomic E-state index is 0.0978. The predicted octanol–water partition coefficient (Wildman–Crippen LogP) is 0.426. The number of morpholine rings is 1. The third kappa shape index (κ3) is 4.68. The molecule has 1 atom stereocenters. The molecule has 0 aromatic heterocycles. The SMILES string of the molecule is CCCC(C)C(=O)N1CCN(C(=O)CN2CCOCC2)CC1. The van der Waals surface area contributed by atoms with Crippen molar-refractivity contribution in [3.05, 3.63) is 0 Å². The largest absolute Gasteiger partial charge is 0.379 e. The van der Waals surface area contributed by atoms with Crippen LogP contribution in [0.2, 0.25) is 0 Å². The van der Waals surface area contributed by atoms with Gasteiger partial charge in [0.25, 0.3) is 0 Å². The lowest BCUT2D eigenvalue weighted by atomic mass is 10.0. The monoisotopic (exact) mass is 311 g/mol. The summed E-state index contributed by atoms with van der Waals surface area (Å²) in [5, 5.41) is 0. The highest BCUT2D eigenvalue weighted by Crippen LogP contribution is 2.12. The second-order valence-corrected chi connectivity index (χ2v) is 6.28. The molecule has 2 heterocycles. The molecule has 0 spiro atoms. The van der Waals surface area contributed by atoms with Gasteiger partial charge in [0.1, 0.15) is 0 Å². The summed E-state index contributed by atoms with van der Waals surface area (Å²) in [5.74, 6) is 0.512. The highest BCUT2D eigenvalue weighted by molar-refractivity contribution is 5.80. The zero-order valence-electron chi connectivity index (χ0n) is 13.9. The Balaban J connectivity index is 1.74. The fourth-order valence-corrected chi connectivity index (χ4v) is 3.09. The molecule has 6 nitrogen and oxygen atoms in total. The molecule has 6 heteroatoms. The van der Waals surface area contributed by atoms with Crippen LogP contribution >= 0.6 is 0 Å². The van der Waals surface area contributed by atoms with Crippen LogP contribution in [0.3, 0.4) is 0 Å². The number of hydrogen-bond acceptors (Lipinski definition) is 4. The van der Waals surface area contributed by atoms with Crippen LogP contribution in [-0.2, 0) is 14.3 Å². The molecule has 0 bridgehead atoms. The Kier molecular flexibility index (Phi) is 6.64. The van der Waals surface area contributed by atoms with E-state index in [2.05, 4.69) is 11.8 Å². The third-order valence-corrected chi connectivity index (χ3v) is 4.55. The topological polar surface area (TPSA) is 53.1 Å². The Labute approximate surface area is 133 Å². The van der Waals surface area contributed by atoms with E-state index < -0.39 is 0 Å². The van der Waals surface area contributed by atoms with Gasteiger partial charge in [0.15, 0.2) is 0 Å². The van der Waals surface area contributed by atoms with Gasteiger partial charge in [-0.05, 0) is 6.42 Å². The Bertz CT molecular complexity index is 375. The van der Waals surface area contributed by atoms with E-state index in [-0.39, 0.29) is 17.7 Å². The smallest absolute Gasteiger partial charge is 0.236 e. The quantitative estimate of drug-likeness (QED) is 0.739. The fraction of sp³-hybridized carbons (Fsp3) is 0.875. The van der Waals surface area contributed by atoms with Gasteiger partial charge in [-0.1, -0.05) is 20.3 Å². The van der Waals surface area contributed by atoms with Gasteiger partial charge in [0, 0.05) is 45.2 Å². The maximum atomic E-state index is 12.3. The van der Waals surface area contributed by atoms with Crippen molar-refractivity contribution in [1.29, 1.82) is 0 Å². The van der Waals surface area contributed by atoms with E-state index in [0.29, 0.717) is 45.9 Å². The molecule has 2 aliphatic rings. The summed E-state index contributed by atoms with van der Waals surface area (Å²) in [7, 11) is 0. The lowest BCUT2D eigenvalue weighted by Gasteiger charge is -2.37. The molecule has 2 amide bonds. The van der Waals surface area contributed by atoms with Crippen LogP contribution in [0.25, 0.3) is 0 Å². The fourth-order valence-electron chi connectivity index (χ4n) is 3.09. The summed E-state index contributed by atoms with van der Waals surface area (Å²) in [6.07, 6.45) is 1.97. The highest BCUT2D eigenvalue weighted by atomic mass is 16.5. The molecule has 0 aliphatic carbocycles. The summed E-state index contributed by atoms with van der Waals surface area (Å²) in [6, 6.07) is 0. The van der Waals surface area contributed by atoms with Crippen LogP contribution < -0.4 is 0 Å². The third-order valence-electron chi connectivity index (χ3n) is 4.55. The number of carbonyl (C=O) groups is 2.